The second kappa shape index (κ2) is 10.3. The number of ketones is 1. The SMILES string of the molecule is COc1cc2c3c(n(CCCNCCC4COCCN4)c(=O)c2cc1OC)-c1cc2c(cc1C3=O)OCO2. The van der Waals surface area contributed by atoms with E-state index < -0.39 is 0 Å². The molecule has 1 unspecified atom stereocenters. The summed E-state index contributed by atoms with van der Waals surface area (Å²) in [5.41, 5.74) is 2.09. The van der Waals surface area contributed by atoms with E-state index in [4.69, 9.17) is 23.7 Å². The van der Waals surface area contributed by atoms with Crippen molar-refractivity contribution >= 4 is 16.6 Å². The molecule has 0 spiro atoms. The van der Waals surface area contributed by atoms with Crippen LogP contribution in [0, 0.1) is 0 Å². The predicted octanol–water partition coefficient (Wildman–Crippen LogP) is 2.32. The number of nitrogens with zero attached hydrogens (tertiary/aromatic N) is 1. The van der Waals surface area contributed by atoms with Crippen molar-refractivity contribution in [3.63, 3.8) is 0 Å². The van der Waals surface area contributed by atoms with Crippen molar-refractivity contribution in [3.8, 4) is 34.3 Å². The summed E-state index contributed by atoms with van der Waals surface area (Å²) in [4.78, 5) is 27.7. The van der Waals surface area contributed by atoms with Gasteiger partial charge in [0.1, 0.15) is 0 Å². The smallest absolute Gasteiger partial charge is 0.259 e. The molecule has 3 aromatic rings. The van der Waals surface area contributed by atoms with Gasteiger partial charge < -0.3 is 38.9 Å². The van der Waals surface area contributed by atoms with Gasteiger partial charge >= 0.3 is 0 Å². The van der Waals surface area contributed by atoms with Crippen LogP contribution in [-0.2, 0) is 11.3 Å². The summed E-state index contributed by atoms with van der Waals surface area (Å²) in [5, 5.41) is 7.89. The molecular weight excluding hydrogens is 490 g/mol. The number of methoxy groups -OCH3 is 2. The summed E-state index contributed by atoms with van der Waals surface area (Å²) in [7, 11) is 3.06. The van der Waals surface area contributed by atoms with Crippen LogP contribution < -0.4 is 35.1 Å². The first-order valence-electron chi connectivity index (χ1n) is 12.9. The lowest BCUT2D eigenvalue weighted by atomic mass is 10.0. The topological polar surface area (TPSA) is 109 Å². The molecule has 1 fully saturated rings. The van der Waals surface area contributed by atoms with Gasteiger partial charge in [0, 0.05) is 35.6 Å². The highest BCUT2D eigenvalue weighted by Crippen LogP contribution is 2.46. The molecule has 3 heterocycles. The number of nitrogens with one attached hydrogen (secondary N) is 2. The minimum atomic E-state index is -0.179. The predicted molar refractivity (Wildman–Crippen MR) is 141 cm³/mol. The van der Waals surface area contributed by atoms with Crippen LogP contribution in [0.15, 0.2) is 29.1 Å². The van der Waals surface area contributed by atoms with Crippen LogP contribution >= 0.6 is 0 Å². The van der Waals surface area contributed by atoms with Crippen LogP contribution in [0.25, 0.3) is 22.0 Å². The number of ether oxygens (including phenoxy) is 5. The van der Waals surface area contributed by atoms with Gasteiger partial charge in [-0.1, -0.05) is 0 Å². The van der Waals surface area contributed by atoms with E-state index in [2.05, 4.69) is 10.6 Å². The molecule has 0 saturated carbocycles. The fourth-order valence-electron chi connectivity index (χ4n) is 5.52. The van der Waals surface area contributed by atoms with E-state index in [0.29, 0.717) is 75.2 Å². The standard InChI is InChI=1S/C28H31N3O7/c1-34-21-10-17-20(13-22(21)35-2)28(33)31(8-3-5-29-6-4-16-14-36-9-7-30-16)26-18-11-23-24(38-15-37-23)12-19(18)27(32)25(17)26/h10-13,16,29-30H,3-9,14-15H2,1-2H3. The highest BCUT2D eigenvalue weighted by atomic mass is 16.7. The van der Waals surface area contributed by atoms with E-state index in [1.54, 1.807) is 28.8 Å². The number of aromatic nitrogens is 1. The second-order valence-electron chi connectivity index (χ2n) is 9.63. The van der Waals surface area contributed by atoms with Gasteiger partial charge in [-0.05, 0) is 50.2 Å². The van der Waals surface area contributed by atoms with Crippen LogP contribution in [-0.4, -0.2) is 70.3 Å². The normalized spacial score (nSPS) is 17.5. The first-order valence-corrected chi connectivity index (χ1v) is 12.9. The zero-order valence-corrected chi connectivity index (χ0v) is 21.6. The van der Waals surface area contributed by atoms with Gasteiger partial charge in [-0.25, -0.2) is 0 Å². The fourth-order valence-corrected chi connectivity index (χ4v) is 5.52. The quantitative estimate of drug-likeness (QED) is 0.321. The van der Waals surface area contributed by atoms with Crippen molar-refractivity contribution in [2.75, 3.05) is 53.9 Å². The molecule has 1 saturated heterocycles. The molecule has 0 bridgehead atoms. The van der Waals surface area contributed by atoms with Crippen molar-refractivity contribution in [1.29, 1.82) is 0 Å². The van der Waals surface area contributed by atoms with Gasteiger partial charge in [-0.15, -0.1) is 0 Å². The summed E-state index contributed by atoms with van der Waals surface area (Å²) in [6.07, 6.45) is 1.69. The second-order valence-corrected chi connectivity index (χ2v) is 9.63. The number of fused-ring (bicyclic) bond motifs is 6. The maximum Gasteiger partial charge on any atom is 0.259 e. The van der Waals surface area contributed by atoms with E-state index in [1.165, 1.54) is 14.2 Å². The molecule has 1 atom stereocenters. The summed E-state index contributed by atoms with van der Waals surface area (Å²) >= 11 is 0. The Labute approximate surface area is 219 Å². The lowest BCUT2D eigenvalue weighted by Gasteiger charge is -2.23. The molecule has 1 aliphatic carbocycles. The number of hydrogen-bond donors (Lipinski definition) is 2. The molecule has 200 valence electrons. The molecule has 10 heteroatoms. The monoisotopic (exact) mass is 521 g/mol. The van der Waals surface area contributed by atoms with E-state index in [9.17, 15) is 9.59 Å². The van der Waals surface area contributed by atoms with Gasteiger partial charge in [-0.3, -0.25) is 9.59 Å². The summed E-state index contributed by atoms with van der Waals surface area (Å²) in [6.45, 7) is 4.53. The summed E-state index contributed by atoms with van der Waals surface area (Å²) in [6, 6.07) is 7.26. The molecule has 2 aromatic carbocycles. The zero-order valence-electron chi connectivity index (χ0n) is 21.6. The number of carbonyl (C=O) groups is 1. The number of pyridine rings is 1. The van der Waals surface area contributed by atoms with Crippen LogP contribution in [0.1, 0.15) is 28.8 Å². The van der Waals surface area contributed by atoms with Crippen LogP contribution in [0.3, 0.4) is 0 Å². The van der Waals surface area contributed by atoms with Crippen molar-refractivity contribution in [2.24, 2.45) is 0 Å². The number of rotatable bonds is 9. The molecule has 2 N–H and O–H groups in total. The maximum absolute atomic E-state index is 13.9. The average Bonchev–Trinajstić information content (AvgIpc) is 3.52. The molecule has 0 amide bonds. The number of benzene rings is 2. The largest absolute Gasteiger partial charge is 0.493 e. The highest BCUT2D eigenvalue weighted by molar-refractivity contribution is 6.27. The van der Waals surface area contributed by atoms with E-state index >= 15 is 0 Å². The first kappa shape index (κ1) is 24.7. The van der Waals surface area contributed by atoms with Crippen LogP contribution in [0.2, 0.25) is 0 Å². The van der Waals surface area contributed by atoms with Gasteiger partial charge in [0.15, 0.2) is 28.8 Å². The third-order valence-corrected chi connectivity index (χ3v) is 7.42. The Hall–Kier alpha value is -3.60. The Kier molecular flexibility index (Phi) is 6.69. The molecular formula is C28H31N3O7. The fraction of sp³-hybridized carbons (Fsp3) is 0.429. The minimum Gasteiger partial charge on any atom is -0.493 e. The molecule has 6 rings (SSSR count). The van der Waals surface area contributed by atoms with Crippen molar-refractivity contribution < 1.29 is 28.5 Å². The highest BCUT2D eigenvalue weighted by Gasteiger charge is 2.35. The Morgan fingerprint density at radius 2 is 1.74 bits per heavy atom. The van der Waals surface area contributed by atoms with Crippen LogP contribution in [0.4, 0.5) is 0 Å². The summed E-state index contributed by atoms with van der Waals surface area (Å²) in [5.74, 6) is 1.84. The first-order chi connectivity index (χ1) is 18.6. The molecule has 10 nitrogen and oxygen atoms in total. The van der Waals surface area contributed by atoms with Crippen molar-refractivity contribution in [2.45, 2.75) is 25.4 Å². The van der Waals surface area contributed by atoms with Crippen molar-refractivity contribution in [3.05, 3.63) is 45.7 Å². The molecule has 38 heavy (non-hydrogen) atoms. The molecule has 1 aromatic heterocycles. The van der Waals surface area contributed by atoms with Gasteiger partial charge in [0.25, 0.3) is 5.56 Å². The average molecular weight is 522 g/mol. The van der Waals surface area contributed by atoms with Gasteiger partial charge in [-0.2, -0.15) is 0 Å². The third-order valence-electron chi connectivity index (χ3n) is 7.42. The number of morpholine rings is 1. The van der Waals surface area contributed by atoms with Gasteiger partial charge in [0.2, 0.25) is 6.79 Å². The van der Waals surface area contributed by atoms with Crippen LogP contribution in [0.5, 0.6) is 23.0 Å². The number of hydrogen-bond acceptors (Lipinski definition) is 9. The van der Waals surface area contributed by atoms with E-state index in [1.807, 2.05) is 0 Å². The molecule has 2 aliphatic heterocycles. The zero-order chi connectivity index (χ0) is 26.2. The maximum atomic E-state index is 13.9. The minimum absolute atomic E-state index is 0.106. The summed E-state index contributed by atoms with van der Waals surface area (Å²) < 4.78 is 29.3. The number of carbonyl (C=O) groups excluding carboxylic acids is 1. The lowest BCUT2D eigenvalue weighted by Crippen LogP contribution is -2.42. The third kappa shape index (κ3) is 4.18. The molecule has 3 aliphatic rings. The van der Waals surface area contributed by atoms with Gasteiger partial charge in [0.05, 0.1) is 44.1 Å². The van der Waals surface area contributed by atoms with E-state index in [0.717, 1.165) is 39.3 Å². The Morgan fingerprint density at radius 3 is 2.45 bits per heavy atom. The van der Waals surface area contributed by atoms with Crippen molar-refractivity contribution in [1.82, 2.24) is 15.2 Å². The lowest BCUT2D eigenvalue weighted by molar-refractivity contribution is 0.0743. The Bertz CT molecular complexity index is 1460. The Morgan fingerprint density at radius 1 is 1.00 bits per heavy atom. The van der Waals surface area contributed by atoms with E-state index in [-0.39, 0.29) is 18.1 Å². The molecule has 0 radical (unpaired) electrons. The Balaban J connectivity index is 1.35.